The summed E-state index contributed by atoms with van der Waals surface area (Å²) in [7, 11) is 0. The first kappa shape index (κ1) is 11.6. The number of fused-ring (bicyclic) bond motifs is 1. The van der Waals surface area contributed by atoms with Gasteiger partial charge in [0.2, 0.25) is 5.28 Å². The lowest BCUT2D eigenvalue weighted by Crippen LogP contribution is -1.91. The van der Waals surface area contributed by atoms with E-state index in [0.29, 0.717) is 0 Å². The van der Waals surface area contributed by atoms with Crippen LogP contribution in [-0.4, -0.2) is 9.97 Å². The summed E-state index contributed by atoms with van der Waals surface area (Å²) >= 11 is 9.45. The molecule has 0 saturated carbocycles. The monoisotopic (exact) mass is 318 g/mol. The first-order valence-electron chi connectivity index (χ1n) is 5.42. The van der Waals surface area contributed by atoms with Gasteiger partial charge in [0.1, 0.15) is 0 Å². The predicted molar refractivity (Wildman–Crippen MR) is 77.7 cm³/mol. The lowest BCUT2D eigenvalue weighted by atomic mass is 10.1. The van der Waals surface area contributed by atoms with E-state index in [2.05, 4.69) is 25.9 Å². The Morgan fingerprint density at radius 1 is 0.944 bits per heavy atom. The van der Waals surface area contributed by atoms with Crippen LogP contribution >= 0.6 is 27.5 Å². The highest BCUT2D eigenvalue weighted by Crippen LogP contribution is 2.29. The number of halogens is 2. The molecule has 2 nitrogen and oxygen atoms in total. The zero-order chi connectivity index (χ0) is 12.5. The maximum absolute atomic E-state index is 5.98. The molecule has 18 heavy (non-hydrogen) atoms. The lowest BCUT2D eigenvalue weighted by Gasteiger charge is -2.06. The number of nitrogens with zero attached hydrogens (tertiary/aromatic N) is 2. The lowest BCUT2D eigenvalue weighted by molar-refractivity contribution is 1.22. The first-order chi connectivity index (χ1) is 8.74. The summed E-state index contributed by atoms with van der Waals surface area (Å²) in [4.78, 5) is 8.58. The normalized spacial score (nSPS) is 10.8. The largest absolute Gasteiger partial charge is 0.223 e. The Morgan fingerprint density at radius 2 is 1.72 bits per heavy atom. The van der Waals surface area contributed by atoms with Gasteiger partial charge in [-0.05, 0) is 29.8 Å². The highest BCUT2D eigenvalue weighted by atomic mass is 79.9. The second-order valence-electron chi connectivity index (χ2n) is 3.87. The molecule has 0 N–H and O–H groups in total. The molecule has 0 atom stereocenters. The molecule has 0 saturated heterocycles. The zero-order valence-electron chi connectivity index (χ0n) is 9.27. The molecule has 0 unspecified atom stereocenters. The van der Waals surface area contributed by atoms with Crippen LogP contribution in [0, 0.1) is 0 Å². The van der Waals surface area contributed by atoms with Crippen molar-refractivity contribution in [2.75, 3.05) is 0 Å². The molecule has 0 radical (unpaired) electrons. The van der Waals surface area contributed by atoms with Gasteiger partial charge in [0, 0.05) is 15.4 Å². The summed E-state index contributed by atoms with van der Waals surface area (Å²) in [6.45, 7) is 0. The molecule has 1 aromatic heterocycles. The summed E-state index contributed by atoms with van der Waals surface area (Å²) in [6.07, 6.45) is 0. The van der Waals surface area contributed by atoms with Crippen LogP contribution in [0.25, 0.3) is 22.2 Å². The van der Waals surface area contributed by atoms with Crippen LogP contribution in [0.3, 0.4) is 0 Å². The highest BCUT2D eigenvalue weighted by Gasteiger charge is 2.08. The predicted octanol–water partition coefficient (Wildman–Crippen LogP) is 4.71. The van der Waals surface area contributed by atoms with Crippen LogP contribution in [0.5, 0.6) is 0 Å². The summed E-state index contributed by atoms with van der Waals surface area (Å²) in [6, 6.07) is 15.8. The van der Waals surface area contributed by atoms with E-state index in [1.54, 1.807) is 0 Å². The average Bonchev–Trinajstić information content (AvgIpc) is 2.39. The molecular weight excluding hydrogens is 312 g/mol. The molecule has 2 aromatic carbocycles. The number of benzene rings is 2. The molecular formula is C14H8BrClN2. The Hall–Kier alpha value is -1.45. The second-order valence-corrected chi connectivity index (χ2v) is 5.12. The van der Waals surface area contributed by atoms with Crippen molar-refractivity contribution in [2.45, 2.75) is 0 Å². The minimum atomic E-state index is 0.267. The molecule has 0 aliphatic carbocycles. The van der Waals surface area contributed by atoms with Gasteiger partial charge in [0.25, 0.3) is 0 Å². The molecule has 3 rings (SSSR count). The van der Waals surface area contributed by atoms with E-state index < -0.39 is 0 Å². The fraction of sp³-hybridized carbons (Fsp3) is 0. The summed E-state index contributed by atoms with van der Waals surface area (Å²) in [5, 5.41) is 1.25. The molecule has 0 spiro atoms. The van der Waals surface area contributed by atoms with Crippen LogP contribution in [-0.2, 0) is 0 Å². The minimum absolute atomic E-state index is 0.267. The van der Waals surface area contributed by atoms with Crippen LogP contribution < -0.4 is 0 Å². The maximum atomic E-state index is 5.98. The molecule has 0 fully saturated rings. The summed E-state index contributed by atoms with van der Waals surface area (Å²) in [5.41, 5.74) is 2.73. The summed E-state index contributed by atoms with van der Waals surface area (Å²) < 4.78 is 0.998. The van der Waals surface area contributed by atoms with Gasteiger partial charge < -0.3 is 0 Å². The second kappa shape index (κ2) is 4.67. The van der Waals surface area contributed by atoms with E-state index in [4.69, 9.17) is 11.6 Å². The third kappa shape index (κ3) is 2.11. The topological polar surface area (TPSA) is 25.8 Å². The minimum Gasteiger partial charge on any atom is -0.218 e. The molecule has 1 heterocycles. The Kier molecular flexibility index (Phi) is 3.02. The van der Waals surface area contributed by atoms with Crippen LogP contribution in [0.1, 0.15) is 0 Å². The van der Waals surface area contributed by atoms with Gasteiger partial charge in [-0.3, -0.25) is 0 Å². The van der Waals surface area contributed by atoms with Crippen molar-refractivity contribution in [3.05, 3.63) is 58.3 Å². The SMILES string of the molecule is Clc1nc(-c2ccccc2)c2cc(Br)ccc2n1. The number of hydrogen-bond acceptors (Lipinski definition) is 2. The number of aromatic nitrogens is 2. The van der Waals surface area contributed by atoms with E-state index in [9.17, 15) is 0 Å². The Labute approximate surface area is 118 Å². The quantitative estimate of drug-likeness (QED) is 0.607. The molecule has 0 aliphatic rings. The highest BCUT2D eigenvalue weighted by molar-refractivity contribution is 9.10. The standard InChI is InChI=1S/C14H8BrClN2/c15-10-6-7-12-11(8-10)13(18-14(16)17-12)9-4-2-1-3-5-9/h1-8H. The fourth-order valence-corrected chi connectivity index (χ4v) is 2.43. The first-order valence-corrected chi connectivity index (χ1v) is 6.59. The molecule has 4 heteroatoms. The van der Waals surface area contributed by atoms with Crippen molar-refractivity contribution in [2.24, 2.45) is 0 Å². The summed E-state index contributed by atoms with van der Waals surface area (Å²) in [5.74, 6) is 0. The third-order valence-electron chi connectivity index (χ3n) is 2.68. The van der Waals surface area contributed by atoms with Gasteiger partial charge in [0.15, 0.2) is 0 Å². The van der Waals surface area contributed by atoms with Crippen molar-refractivity contribution in [3.8, 4) is 11.3 Å². The van der Waals surface area contributed by atoms with Gasteiger partial charge in [-0.2, -0.15) is 0 Å². The van der Waals surface area contributed by atoms with Crippen molar-refractivity contribution in [1.82, 2.24) is 9.97 Å². The average molecular weight is 320 g/mol. The van der Waals surface area contributed by atoms with E-state index in [1.165, 1.54) is 0 Å². The Balaban J connectivity index is 2.37. The van der Waals surface area contributed by atoms with E-state index in [1.807, 2.05) is 48.5 Å². The van der Waals surface area contributed by atoms with Gasteiger partial charge in [-0.25, -0.2) is 9.97 Å². The third-order valence-corrected chi connectivity index (χ3v) is 3.34. The van der Waals surface area contributed by atoms with Gasteiger partial charge in [-0.15, -0.1) is 0 Å². The molecule has 88 valence electrons. The fourth-order valence-electron chi connectivity index (χ4n) is 1.89. The van der Waals surface area contributed by atoms with Gasteiger partial charge in [0.05, 0.1) is 11.2 Å². The van der Waals surface area contributed by atoms with Crippen molar-refractivity contribution >= 4 is 38.4 Å². The maximum Gasteiger partial charge on any atom is 0.223 e. The molecule has 0 aliphatic heterocycles. The van der Waals surface area contributed by atoms with Crippen molar-refractivity contribution in [3.63, 3.8) is 0 Å². The van der Waals surface area contributed by atoms with E-state index in [0.717, 1.165) is 26.6 Å². The van der Waals surface area contributed by atoms with Crippen LogP contribution in [0.4, 0.5) is 0 Å². The zero-order valence-corrected chi connectivity index (χ0v) is 11.6. The van der Waals surface area contributed by atoms with E-state index in [-0.39, 0.29) is 5.28 Å². The van der Waals surface area contributed by atoms with Crippen molar-refractivity contribution in [1.29, 1.82) is 0 Å². The number of hydrogen-bond donors (Lipinski definition) is 0. The van der Waals surface area contributed by atoms with E-state index >= 15 is 0 Å². The smallest absolute Gasteiger partial charge is 0.218 e. The Morgan fingerprint density at radius 3 is 2.50 bits per heavy atom. The number of rotatable bonds is 1. The molecule has 3 aromatic rings. The van der Waals surface area contributed by atoms with Crippen LogP contribution in [0.15, 0.2) is 53.0 Å². The van der Waals surface area contributed by atoms with Gasteiger partial charge >= 0.3 is 0 Å². The van der Waals surface area contributed by atoms with Gasteiger partial charge in [-0.1, -0.05) is 46.3 Å². The molecule has 0 amide bonds. The van der Waals surface area contributed by atoms with Crippen molar-refractivity contribution < 1.29 is 0 Å². The Bertz CT molecular complexity index is 714. The van der Waals surface area contributed by atoms with Crippen LogP contribution in [0.2, 0.25) is 5.28 Å². The molecule has 0 bridgehead atoms.